The van der Waals surface area contributed by atoms with Crippen molar-refractivity contribution in [1.82, 2.24) is 13.5 Å². The van der Waals surface area contributed by atoms with Gasteiger partial charge in [-0.1, -0.05) is 24.3 Å². The van der Waals surface area contributed by atoms with Crippen molar-refractivity contribution in [3.05, 3.63) is 65.5 Å². The maximum Gasteiger partial charge on any atom is 0.410 e. The molecule has 238 valence electrons. The molecule has 3 atom stereocenters. The summed E-state index contributed by atoms with van der Waals surface area (Å²) >= 11 is 0. The summed E-state index contributed by atoms with van der Waals surface area (Å²) in [5.41, 5.74) is 1.78. The third kappa shape index (κ3) is 7.85. The second kappa shape index (κ2) is 14.8. The number of carbonyl (C=O) groups excluding carboxylic acids is 1. The Bertz CT molecular complexity index is 1300. The minimum Gasteiger partial charge on any atom is -0.497 e. The third-order valence-corrected chi connectivity index (χ3v) is 10.5. The summed E-state index contributed by atoms with van der Waals surface area (Å²) in [7, 11) is 3.52. The van der Waals surface area contributed by atoms with E-state index >= 15 is 0 Å². The minimum absolute atomic E-state index is 0.0630. The number of halogens is 1. The summed E-state index contributed by atoms with van der Waals surface area (Å²) in [5.74, 6) is 0.697. The molecule has 10 nitrogen and oxygen atoms in total. The highest BCUT2D eigenvalue weighted by molar-refractivity contribution is 7.86. The van der Waals surface area contributed by atoms with Gasteiger partial charge in [-0.2, -0.15) is 17.0 Å². The van der Waals surface area contributed by atoms with E-state index in [4.69, 9.17) is 18.9 Å². The second-order valence-electron chi connectivity index (χ2n) is 11.4. The van der Waals surface area contributed by atoms with E-state index in [1.54, 1.807) is 43.4 Å². The monoisotopic (exact) mass is 621 g/mol. The number of methoxy groups -OCH3 is 3. The molecule has 2 aliphatic rings. The van der Waals surface area contributed by atoms with Crippen molar-refractivity contribution in [3.8, 4) is 5.75 Å². The molecule has 0 N–H and O–H groups in total. The lowest BCUT2D eigenvalue weighted by Gasteiger charge is -2.37. The molecule has 2 fully saturated rings. The lowest BCUT2D eigenvalue weighted by atomic mass is 9.82. The number of ether oxygens (including phenoxy) is 4. The molecule has 1 saturated carbocycles. The van der Waals surface area contributed by atoms with E-state index < -0.39 is 34.4 Å². The summed E-state index contributed by atoms with van der Waals surface area (Å²) in [6.45, 7) is 0.454. The number of hydrogen-bond acceptors (Lipinski definition) is 7. The van der Waals surface area contributed by atoms with Crippen LogP contribution in [0.3, 0.4) is 0 Å². The number of hydrogen-bond donors (Lipinski definition) is 0. The van der Waals surface area contributed by atoms with Gasteiger partial charge in [0.2, 0.25) is 0 Å². The van der Waals surface area contributed by atoms with Crippen molar-refractivity contribution in [3.63, 3.8) is 0 Å². The van der Waals surface area contributed by atoms with E-state index in [2.05, 4.69) is 0 Å². The molecule has 1 saturated heterocycles. The standard InChI is InChI=1S/C31H44FN3O7S/c1-33(2)43(37,38)34(19-22-9-13-27(40-4)14-10-22)29-18-26(20-39-3)35(31(36)41-5)30(29)21-42-28-15-11-23(12-16-28)24-7-6-8-25(32)17-24/h6-10,13-14,17,23,26,28-30H,11-12,15-16,18-21H2,1-5H3/t23?,26-,28?,29-,30-/m0/s1. The van der Waals surface area contributed by atoms with E-state index in [1.165, 1.54) is 35.9 Å². The number of carbonyl (C=O) groups is 1. The maximum atomic E-state index is 13.8. The topological polar surface area (TPSA) is 97.9 Å². The van der Waals surface area contributed by atoms with Crippen LogP contribution in [0.25, 0.3) is 0 Å². The summed E-state index contributed by atoms with van der Waals surface area (Å²) in [6.07, 6.45) is 3.01. The first-order valence-corrected chi connectivity index (χ1v) is 16.0. The van der Waals surface area contributed by atoms with Crippen LogP contribution >= 0.6 is 0 Å². The second-order valence-corrected chi connectivity index (χ2v) is 13.5. The zero-order chi connectivity index (χ0) is 31.1. The predicted octanol–water partition coefficient (Wildman–Crippen LogP) is 4.41. The van der Waals surface area contributed by atoms with Crippen LogP contribution in [0.5, 0.6) is 5.75 Å². The van der Waals surface area contributed by atoms with Crippen LogP contribution in [0.1, 0.15) is 49.1 Å². The van der Waals surface area contributed by atoms with Crippen LogP contribution in [0.2, 0.25) is 0 Å². The van der Waals surface area contributed by atoms with Gasteiger partial charge in [-0.3, -0.25) is 4.90 Å². The van der Waals surface area contributed by atoms with E-state index in [-0.39, 0.29) is 37.6 Å². The average Bonchev–Trinajstić information content (AvgIpc) is 3.36. The summed E-state index contributed by atoms with van der Waals surface area (Å²) in [6, 6.07) is 12.4. The van der Waals surface area contributed by atoms with Gasteiger partial charge in [0.15, 0.2) is 0 Å². The first-order valence-electron chi connectivity index (χ1n) is 14.6. The largest absolute Gasteiger partial charge is 0.497 e. The molecule has 0 unspecified atom stereocenters. The molecule has 1 heterocycles. The van der Waals surface area contributed by atoms with E-state index in [0.717, 1.165) is 36.8 Å². The van der Waals surface area contributed by atoms with Gasteiger partial charge in [-0.05, 0) is 73.4 Å². The number of amides is 1. The highest BCUT2D eigenvalue weighted by atomic mass is 32.2. The molecule has 2 aromatic carbocycles. The Labute approximate surface area is 254 Å². The van der Waals surface area contributed by atoms with Gasteiger partial charge in [-0.15, -0.1) is 0 Å². The molecule has 4 rings (SSSR count). The van der Waals surface area contributed by atoms with Crippen LogP contribution < -0.4 is 4.74 Å². The molecule has 0 radical (unpaired) electrons. The van der Waals surface area contributed by atoms with Crippen molar-refractivity contribution in [2.45, 2.75) is 68.8 Å². The lowest BCUT2D eigenvalue weighted by Crippen LogP contribution is -2.54. The highest BCUT2D eigenvalue weighted by Gasteiger charge is 2.50. The Kier molecular flexibility index (Phi) is 11.4. The van der Waals surface area contributed by atoms with E-state index in [0.29, 0.717) is 12.2 Å². The zero-order valence-electron chi connectivity index (χ0n) is 25.6. The van der Waals surface area contributed by atoms with Gasteiger partial charge in [0.05, 0.1) is 51.7 Å². The molecule has 43 heavy (non-hydrogen) atoms. The maximum absolute atomic E-state index is 13.8. The van der Waals surface area contributed by atoms with Crippen molar-refractivity contribution in [1.29, 1.82) is 0 Å². The fraction of sp³-hybridized carbons (Fsp3) is 0.581. The number of rotatable bonds is 12. The summed E-state index contributed by atoms with van der Waals surface area (Å²) in [4.78, 5) is 14.7. The quantitative estimate of drug-likeness (QED) is 0.346. The molecule has 1 aliphatic heterocycles. The fourth-order valence-corrected chi connectivity index (χ4v) is 7.59. The normalized spacial score (nSPS) is 24.5. The smallest absolute Gasteiger partial charge is 0.410 e. The van der Waals surface area contributed by atoms with Crippen LogP contribution in [-0.2, 0) is 31.0 Å². The van der Waals surface area contributed by atoms with Crippen LogP contribution in [0, 0.1) is 5.82 Å². The van der Waals surface area contributed by atoms with Crippen LogP contribution in [0.4, 0.5) is 9.18 Å². The number of nitrogens with zero attached hydrogens (tertiary/aromatic N) is 3. The fourth-order valence-electron chi connectivity index (χ4n) is 6.29. The van der Waals surface area contributed by atoms with Gasteiger partial charge < -0.3 is 18.9 Å². The average molecular weight is 622 g/mol. The van der Waals surface area contributed by atoms with E-state index in [1.807, 2.05) is 18.2 Å². The van der Waals surface area contributed by atoms with E-state index in [9.17, 15) is 17.6 Å². The number of likely N-dealkylation sites (tertiary alicyclic amines) is 1. The number of benzene rings is 2. The van der Waals surface area contributed by atoms with Crippen molar-refractivity contribution in [2.24, 2.45) is 0 Å². The Morgan fingerprint density at radius 1 is 1.00 bits per heavy atom. The minimum atomic E-state index is -3.92. The summed E-state index contributed by atoms with van der Waals surface area (Å²) < 4.78 is 66.4. The van der Waals surface area contributed by atoms with Crippen molar-refractivity contribution in [2.75, 3.05) is 48.6 Å². The Morgan fingerprint density at radius 3 is 2.28 bits per heavy atom. The molecular formula is C31H44FN3O7S. The predicted molar refractivity (Wildman–Crippen MR) is 161 cm³/mol. The Morgan fingerprint density at radius 2 is 1.70 bits per heavy atom. The third-order valence-electron chi connectivity index (χ3n) is 8.58. The van der Waals surface area contributed by atoms with Gasteiger partial charge in [0.25, 0.3) is 10.2 Å². The van der Waals surface area contributed by atoms with Gasteiger partial charge >= 0.3 is 6.09 Å². The zero-order valence-corrected chi connectivity index (χ0v) is 26.5. The molecule has 1 aliphatic carbocycles. The van der Waals surface area contributed by atoms with Crippen molar-refractivity contribution < 1.29 is 36.6 Å². The first kappa shape index (κ1) is 33.1. The molecule has 2 aromatic rings. The molecular weight excluding hydrogens is 577 g/mol. The lowest BCUT2D eigenvalue weighted by molar-refractivity contribution is -0.0181. The van der Waals surface area contributed by atoms with Crippen molar-refractivity contribution >= 4 is 16.3 Å². The molecule has 0 spiro atoms. The van der Waals surface area contributed by atoms with Gasteiger partial charge in [-0.25, -0.2) is 9.18 Å². The SMILES string of the molecule is COC[C@@H]1C[C@H](N(Cc2ccc(OC)cc2)S(=O)(=O)N(C)C)[C@H](COC2CCC(c3cccc(F)c3)CC2)N1C(=O)OC. The van der Waals surface area contributed by atoms with Crippen LogP contribution in [0.15, 0.2) is 48.5 Å². The Hall–Kier alpha value is -2.77. The molecule has 0 aromatic heterocycles. The van der Waals surface area contributed by atoms with Gasteiger partial charge in [0.1, 0.15) is 11.6 Å². The molecule has 12 heteroatoms. The highest BCUT2D eigenvalue weighted by Crippen LogP contribution is 2.37. The molecule has 0 bridgehead atoms. The van der Waals surface area contributed by atoms with Gasteiger partial charge in [0, 0.05) is 27.7 Å². The summed E-state index contributed by atoms with van der Waals surface area (Å²) in [5, 5.41) is 0. The first-order chi connectivity index (χ1) is 20.6. The molecule has 1 amide bonds. The Balaban J connectivity index is 1.58. The van der Waals surface area contributed by atoms with Crippen LogP contribution in [-0.4, -0.2) is 101 Å².